The van der Waals surface area contributed by atoms with Gasteiger partial charge in [-0.25, -0.2) is 0 Å². The largest absolute Gasteiger partial charge is 0.376 e. The first kappa shape index (κ1) is 16.7. The van der Waals surface area contributed by atoms with E-state index in [4.69, 9.17) is 10.3 Å². The normalized spacial score (nSPS) is 20.6. The predicted octanol–water partition coefficient (Wildman–Crippen LogP) is 3.56. The van der Waals surface area contributed by atoms with Gasteiger partial charge in [-0.2, -0.15) is 0 Å². The Morgan fingerprint density at radius 3 is 2.68 bits per heavy atom. The van der Waals surface area contributed by atoms with E-state index in [0.717, 1.165) is 17.5 Å². The van der Waals surface area contributed by atoms with Crippen molar-refractivity contribution in [1.82, 2.24) is 0 Å². The van der Waals surface area contributed by atoms with Gasteiger partial charge in [0.05, 0.1) is 12.1 Å². The van der Waals surface area contributed by atoms with Crippen LogP contribution in [0.3, 0.4) is 0 Å². The molecule has 0 bridgehead atoms. The number of allylic oxidation sites excluding steroid dienone is 1. The van der Waals surface area contributed by atoms with Crippen molar-refractivity contribution in [2.45, 2.75) is 18.6 Å². The minimum Gasteiger partial charge on any atom is -0.376 e. The summed E-state index contributed by atoms with van der Waals surface area (Å²) in [5.74, 6) is 1.29. The van der Waals surface area contributed by atoms with E-state index in [2.05, 4.69) is 10.0 Å². The van der Waals surface area contributed by atoms with Crippen LogP contribution in [0.4, 0.5) is 4.39 Å². The molecule has 0 spiro atoms. The van der Waals surface area contributed by atoms with Gasteiger partial charge < -0.3 is 4.74 Å². The number of nitrogens with zero attached hydrogens (tertiary/aromatic N) is 3. The Morgan fingerprint density at radius 2 is 2.18 bits per heavy atom. The zero-order valence-corrected chi connectivity index (χ0v) is 13.1. The van der Waals surface area contributed by atoms with Crippen molar-refractivity contribution in [2.24, 2.45) is 5.11 Å². The maximum atomic E-state index is 13.0. The molecule has 1 aliphatic rings. The molecule has 118 valence electrons. The van der Waals surface area contributed by atoms with Crippen molar-refractivity contribution in [2.75, 3.05) is 25.3 Å². The van der Waals surface area contributed by atoms with Crippen molar-refractivity contribution in [3.8, 4) is 0 Å². The summed E-state index contributed by atoms with van der Waals surface area (Å²) in [7, 11) is 0.723. The fourth-order valence-corrected chi connectivity index (χ4v) is 3.51. The van der Waals surface area contributed by atoms with Crippen LogP contribution in [0.2, 0.25) is 0 Å². The van der Waals surface area contributed by atoms with Gasteiger partial charge in [0, 0.05) is 34.3 Å². The summed E-state index contributed by atoms with van der Waals surface area (Å²) in [5, 5.41) is 3.45. The lowest BCUT2D eigenvalue weighted by atomic mass is 9.98. The van der Waals surface area contributed by atoms with Gasteiger partial charge in [0.1, 0.15) is 6.67 Å². The number of halogens is 1. The van der Waals surface area contributed by atoms with Crippen LogP contribution in [0.5, 0.6) is 0 Å². The number of alkyl halides is 1. The maximum Gasteiger partial charge on any atom is 0.101 e. The third-order valence-electron chi connectivity index (χ3n) is 3.69. The number of rotatable bonds is 6. The van der Waals surface area contributed by atoms with Gasteiger partial charge >= 0.3 is 0 Å². The first-order chi connectivity index (χ1) is 10.7. The average Bonchev–Trinajstić information content (AvgIpc) is 2.56. The van der Waals surface area contributed by atoms with Gasteiger partial charge in [-0.05, 0) is 28.7 Å². The van der Waals surface area contributed by atoms with Gasteiger partial charge in [-0.15, -0.1) is 0 Å². The molecule has 22 heavy (non-hydrogen) atoms. The Morgan fingerprint density at radius 1 is 1.45 bits per heavy atom. The summed E-state index contributed by atoms with van der Waals surface area (Å²) >= 11 is 0. The molecule has 1 heterocycles. The van der Waals surface area contributed by atoms with Crippen LogP contribution < -0.4 is 0 Å². The maximum absolute atomic E-state index is 13.0. The highest BCUT2D eigenvalue weighted by Gasteiger charge is 2.22. The van der Waals surface area contributed by atoms with E-state index in [1.165, 1.54) is 12.7 Å². The zero-order valence-electron chi connectivity index (χ0n) is 12.3. The highest BCUT2D eigenvalue weighted by molar-refractivity contribution is 7.85. The molecule has 0 amide bonds. The molecule has 0 N–H and O–H groups in total. The Kier molecular flexibility index (Phi) is 6.12. The molecule has 2 unspecified atom stereocenters. The smallest absolute Gasteiger partial charge is 0.101 e. The summed E-state index contributed by atoms with van der Waals surface area (Å²) in [5.41, 5.74) is 11.5. The van der Waals surface area contributed by atoms with E-state index < -0.39 is 29.6 Å². The fraction of sp³-hybridized carbons (Fsp3) is 0.467. The highest BCUT2D eigenvalue weighted by atomic mass is 32.2. The number of ether oxygens (including phenoxy) is 1. The summed E-state index contributed by atoms with van der Waals surface area (Å²) in [6.07, 6.45) is 2.20. The number of hydrogen-bond donors (Lipinski definition) is 0. The Bertz CT molecular complexity index is 612. The lowest BCUT2D eigenvalue weighted by Crippen LogP contribution is -2.20. The molecule has 0 aliphatic carbocycles. The van der Waals surface area contributed by atoms with Gasteiger partial charge in [0.25, 0.3) is 0 Å². The standard InChI is InChI=1S/C15H18FN3O2S/c1-21-15(14(10-16)18-19-17)13-4-2-11(3-5-13)12-6-8-22(20)9-7-12/h2-6,14-15H,7-10H2,1H3/t14?,15-,22?/m1/s1. The second-order valence-electron chi connectivity index (χ2n) is 4.99. The molecule has 7 heteroatoms. The molecular weight excluding hydrogens is 305 g/mol. The predicted molar refractivity (Wildman–Crippen MR) is 85.6 cm³/mol. The van der Waals surface area contributed by atoms with Crippen molar-refractivity contribution in [3.63, 3.8) is 0 Å². The Balaban J connectivity index is 2.20. The lowest BCUT2D eigenvalue weighted by molar-refractivity contribution is 0.0722. The van der Waals surface area contributed by atoms with E-state index in [1.54, 1.807) is 0 Å². The molecule has 5 nitrogen and oxygen atoms in total. The molecule has 3 atom stereocenters. The van der Waals surface area contributed by atoms with Crippen LogP contribution in [0, 0.1) is 0 Å². The number of hydrogen-bond acceptors (Lipinski definition) is 3. The SMILES string of the molecule is CO[C@H](c1ccc(C2=CCS(=O)CC2)cc1)C(CF)N=[N+]=[N-]. The first-order valence-corrected chi connectivity index (χ1v) is 8.45. The van der Waals surface area contributed by atoms with Crippen molar-refractivity contribution < 1.29 is 13.3 Å². The summed E-state index contributed by atoms with van der Waals surface area (Å²) in [6.45, 7) is -0.777. The third-order valence-corrected chi connectivity index (χ3v) is 4.88. The quantitative estimate of drug-likeness (QED) is 0.456. The minimum absolute atomic E-state index is 0.596. The number of benzene rings is 1. The molecule has 0 saturated heterocycles. The molecule has 0 radical (unpaired) electrons. The topological polar surface area (TPSA) is 75.1 Å². The van der Waals surface area contributed by atoms with Crippen LogP contribution in [-0.2, 0) is 15.5 Å². The van der Waals surface area contributed by atoms with Crippen LogP contribution >= 0.6 is 0 Å². The Hall–Kier alpha value is -1.69. The van der Waals surface area contributed by atoms with Gasteiger partial charge in [-0.3, -0.25) is 8.60 Å². The number of methoxy groups -OCH3 is 1. The van der Waals surface area contributed by atoms with Crippen LogP contribution in [-0.4, -0.2) is 35.5 Å². The van der Waals surface area contributed by atoms with E-state index in [1.807, 2.05) is 30.3 Å². The molecule has 1 aromatic carbocycles. The summed E-state index contributed by atoms with van der Waals surface area (Å²) in [4.78, 5) is 2.67. The molecule has 0 aromatic heterocycles. The van der Waals surface area contributed by atoms with Gasteiger partial charge in [0.2, 0.25) is 0 Å². The minimum atomic E-state index is -0.878. The molecule has 0 saturated carbocycles. The van der Waals surface area contributed by atoms with E-state index in [0.29, 0.717) is 11.5 Å². The van der Waals surface area contributed by atoms with Crippen molar-refractivity contribution >= 4 is 16.4 Å². The van der Waals surface area contributed by atoms with Gasteiger partial charge in [-0.1, -0.05) is 35.5 Å². The monoisotopic (exact) mass is 323 g/mol. The van der Waals surface area contributed by atoms with Crippen molar-refractivity contribution in [1.29, 1.82) is 0 Å². The van der Waals surface area contributed by atoms with E-state index >= 15 is 0 Å². The second-order valence-corrected chi connectivity index (χ2v) is 6.62. The lowest BCUT2D eigenvalue weighted by Gasteiger charge is -2.21. The summed E-state index contributed by atoms with van der Waals surface area (Å²) in [6, 6.07) is 6.70. The molecule has 1 aliphatic heterocycles. The van der Waals surface area contributed by atoms with Crippen LogP contribution in [0.25, 0.3) is 16.0 Å². The third kappa shape index (κ3) is 3.94. The zero-order chi connectivity index (χ0) is 15.9. The molecule has 1 aromatic rings. The molecule has 0 fully saturated rings. The molecule has 2 rings (SSSR count). The highest BCUT2D eigenvalue weighted by Crippen LogP contribution is 2.27. The molecular formula is C15H18FN3O2S. The van der Waals surface area contributed by atoms with Gasteiger partial charge in [0.15, 0.2) is 0 Å². The summed E-state index contributed by atoms with van der Waals surface area (Å²) < 4.78 is 29.6. The van der Waals surface area contributed by atoms with E-state index in [9.17, 15) is 8.60 Å². The van der Waals surface area contributed by atoms with Crippen LogP contribution in [0.15, 0.2) is 35.5 Å². The van der Waals surface area contributed by atoms with Crippen LogP contribution in [0.1, 0.15) is 23.7 Å². The van der Waals surface area contributed by atoms with Crippen molar-refractivity contribution in [3.05, 3.63) is 51.9 Å². The first-order valence-electron chi connectivity index (χ1n) is 6.97. The van der Waals surface area contributed by atoms with E-state index in [-0.39, 0.29) is 0 Å². The second kappa shape index (κ2) is 8.08. The fourth-order valence-electron chi connectivity index (χ4n) is 2.51. The number of azide groups is 1. The Labute approximate surface area is 131 Å². The average molecular weight is 323 g/mol.